The van der Waals surface area contributed by atoms with Crippen molar-refractivity contribution in [1.82, 2.24) is 31.9 Å². The summed E-state index contributed by atoms with van der Waals surface area (Å²) in [4.78, 5) is 176. The lowest BCUT2D eigenvalue weighted by Crippen LogP contribution is -2.47. The normalized spacial score (nSPS) is 11.5. The summed E-state index contributed by atoms with van der Waals surface area (Å²) in [5.41, 5.74) is 11.8. The fraction of sp³-hybridized carbons (Fsp3) is 0.298. The number of alkyl carbamates (subject to hydrolysis) is 5. The monoisotopic (exact) mass is 2050 g/mol. The van der Waals surface area contributed by atoms with E-state index in [4.69, 9.17) is 53.1 Å². The summed E-state index contributed by atoms with van der Waals surface area (Å²) in [7, 11) is 5.14. The third-order valence-corrected chi connectivity index (χ3v) is 21.0. The molecule has 150 heavy (non-hydrogen) atoms. The van der Waals surface area contributed by atoms with Gasteiger partial charge in [-0.25, -0.2) is 43.2 Å². The molecule has 0 aliphatic heterocycles. The minimum absolute atomic E-state index is 0.105. The number of esters is 4. The smallest absolute Gasteiger partial charge is 0.408 e. The summed E-state index contributed by atoms with van der Waals surface area (Å²) in [5.74, 6) is -3.33. The third-order valence-electron chi connectivity index (χ3n) is 21.0. The quantitative estimate of drug-likeness (QED) is 0.00733. The predicted molar refractivity (Wildman–Crippen MR) is 566 cm³/mol. The Labute approximate surface area is 872 Å². The molecule has 36 heteroatoms. The van der Waals surface area contributed by atoms with E-state index in [0.717, 1.165) is 33.4 Å². The SMILES string of the molecule is COC(=O)c1cccc(N)c1.COC(=O)c1cccc(NC(=O)[C@H](CCCCNC(=O)OCc2ccccc2)NC(=O)OC(C)(C)C)c1.COC(=O)c1cccc(NC(=O)[C@H](CCCCNC(=O)OCc2ccccc2)NC(=O)c2cccc(NC(=O)[C@H](Cc3ccc(OCc4ccccc4)cc3)NC(=O)OC(C)(C)C)c2)c1.COC(=O)c1cccc(NC(=O)[C@H](Cc2ccc(OCc3ccccc3)cc2)NC(=O)OC(C)(C)C)c1. The highest BCUT2D eigenvalue weighted by Crippen LogP contribution is 2.25. The molecule has 0 saturated carbocycles. The minimum Gasteiger partial charge on any atom is -0.489 e. The number of benzene rings is 11. The van der Waals surface area contributed by atoms with Crippen LogP contribution >= 0.6 is 0 Å². The summed E-state index contributed by atoms with van der Waals surface area (Å²) < 4.78 is 57.0. The largest absolute Gasteiger partial charge is 0.489 e. The van der Waals surface area contributed by atoms with Crippen LogP contribution in [0.2, 0.25) is 0 Å². The van der Waals surface area contributed by atoms with Crippen molar-refractivity contribution in [3.63, 3.8) is 0 Å². The zero-order valence-electron chi connectivity index (χ0n) is 86.2. The number of methoxy groups -OCH3 is 4. The number of unbranched alkanes of at least 4 members (excludes halogenated alkanes) is 2. The van der Waals surface area contributed by atoms with Gasteiger partial charge in [0.05, 0.1) is 50.7 Å². The first-order chi connectivity index (χ1) is 71.7. The van der Waals surface area contributed by atoms with Gasteiger partial charge in [0.2, 0.25) is 23.6 Å². The molecule has 0 heterocycles. The Bertz CT molecular complexity index is 6240. The molecular weight excluding hydrogens is 1920 g/mol. The number of nitrogens with one attached hydrogen (secondary N) is 10. The molecule has 36 nitrogen and oxygen atoms in total. The zero-order chi connectivity index (χ0) is 109. The molecule has 12 N–H and O–H groups in total. The van der Waals surface area contributed by atoms with Crippen molar-refractivity contribution in [1.29, 1.82) is 0 Å². The Balaban J connectivity index is 0.000000274. The van der Waals surface area contributed by atoms with Gasteiger partial charge in [0.15, 0.2) is 0 Å². The molecule has 792 valence electrons. The molecule has 11 rings (SSSR count). The number of hydrogen-bond donors (Lipinski definition) is 11. The molecule has 0 radical (unpaired) electrons. The minimum atomic E-state index is -1.08. The van der Waals surface area contributed by atoms with Crippen LogP contribution in [0.25, 0.3) is 0 Å². The van der Waals surface area contributed by atoms with Crippen molar-refractivity contribution < 1.29 is 119 Å². The first kappa shape index (κ1) is 118. The highest BCUT2D eigenvalue weighted by Gasteiger charge is 2.31. The van der Waals surface area contributed by atoms with E-state index in [-0.39, 0.29) is 67.4 Å². The Morgan fingerprint density at radius 3 is 0.853 bits per heavy atom. The van der Waals surface area contributed by atoms with Crippen molar-refractivity contribution in [2.24, 2.45) is 0 Å². The molecule has 0 bridgehead atoms. The van der Waals surface area contributed by atoms with Gasteiger partial charge in [-0.2, -0.15) is 0 Å². The van der Waals surface area contributed by atoms with E-state index in [1.54, 1.807) is 165 Å². The van der Waals surface area contributed by atoms with Crippen LogP contribution < -0.4 is 68.4 Å². The van der Waals surface area contributed by atoms with E-state index < -0.39 is 119 Å². The molecule has 0 aliphatic carbocycles. The Kier molecular flexibility index (Phi) is 47.8. The molecule has 11 aromatic rings. The third kappa shape index (κ3) is 45.4. The van der Waals surface area contributed by atoms with Crippen molar-refractivity contribution in [3.8, 4) is 11.5 Å². The van der Waals surface area contributed by atoms with Crippen LogP contribution in [0.1, 0.15) is 186 Å². The van der Waals surface area contributed by atoms with Crippen LogP contribution in [0.15, 0.2) is 291 Å². The Morgan fingerprint density at radius 2 is 0.547 bits per heavy atom. The molecule has 0 saturated heterocycles. The fourth-order valence-corrected chi connectivity index (χ4v) is 13.8. The van der Waals surface area contributed by atoms with Gasteiger partial charge in [0.25, 0.3) is 5.91 Å². The molecule has 0 unspecified atom stereocenters. The molecule has 4 atom stereocenters. The van der Waals surface area contributed by atoms with Crippen molar-refractivity contribution in [2.45, 2.75) is 181 Å². The van der Waals surface area contributed by atoms with Gasteiger partial charge < -0.3 is 111 Å². The second-order valence-corrected chi connectivity index (χ2v) is 36.7. The lowest BCUT2D eigenvalue weighted by Gasteiger charge is -2.23. The van der Waals surface area contributed by atoms with E-state index in [1.807, 2.05) is 158 Å². The topological polar surface area (TPSA) is 487 Å². The van der Waals surface area contributed by atoms with Crippen LogP contribution in [-0.2, 0) is 101 Å². The van der Waals surface area contributed by atoms with Crippen LogP contribution in [0.3, 0.4) is 0 Å². The van der Waals surface area contributed by atoms with Crippen LogP contribution in [-0.4, -0.2) is 166 Å². The van der Waals surface area contributed by atoms with Crippen molar-refractivity contribution in [2.75, 3.05) is 68.5 Å². The van der Waals surface area contributed by atoms with Gasteiger partial charge in [-0.1, -0.05) is 176 Å². The molecule has 0 fully saturated rings. The average Bonchev–Trinajstić information content (AvgIpc) is 0.846. The van der Waals surface area contributed by atoms with Crippen LogP contribution in [0, 0.1) is 0 Å². The molecule has 0 spiro atoms. The second-order valence-electron chi connectivity index (χ2n) is 36.7. The summed E-state index contributed by atoms with van der Waals surface area (Å²) in [5, 5.41) is 27.1. The highest BCUT2D eigenvalue weighted by atomic mass is 16.6. The number of ether oxygens (including phenoxy) is 11. The van der Waals surface area contributed by atoms with Crippen LogP contribution in [0.4, 0.5) is 52.4 Å². The first-order valence-corrected chi connectivity index (χ1v) is 48.2. The Morgan fingerprint density at radius 1 is 0.273 bits per heavy atom. The molecule has 0 aliphatic rings. The van der Waals surface area contributed by atoms with E-state index in [2.05, 4.69) is 57.9 Å². The maximum Gasteiger partial charge on any atom is 0.408 e. The molecule has 0 aromatic heterocycles. The number of carbonyl (C=O) groups excluding carboxylic acids is 14. The maximum absolute atomic E-state index is 13.8. The number of nitrogens with two attached hydrogens (primary N) is 1. The molecule has 10 amide bonds. The van der Waals surface area contributed by atoms with Gasteiger partial charge in [0.1, 0.15) is 78.9 Å². The number of anilines is 5. The average molecular weight is 2060 g/mol. The lowest BCUT2D eigenvalue weighted by atomic mass is 10.0. The number of carbonyl (C=O) groups is 14. The van der Waals surface area contributed by atoms with Crippen LogP contribution in [0.5, 0.6) is 11.5 Å². The van der Waals surface area contributed by atoms with E-state index in [9.17, 15) is 67.1 Å². The van der Waals surface area contributed by atoms with Gasteiger partial charge >= 0.3 is 54.3 Å². The zero-order valence-corrected chi connectivity index (χ0v) is 86.2. The van der Waals surface area contributed by atoms with Crippen molar-refractivity contribution in [3.05, 3.63) is 352 Å². The first-order valence-electron chi connectivity index (χ1n) is 48.2. The van der Waals surface area contributed by atoms with E-state index in [0.29, 0.717) is 97.2 Å². The Hall–Kier alpha value is -17.6. The summed E-state index contributed by atoms with van der Waals surface area (Å²) in [6.45, 7) is 17.3. The summed E-state index contributed by atoms with van der Waals surface area (Å²) in [6, 6.07) is 80.4. The number of rotatable bonds is 41. The number of hydrogen-bond acceptors (Lipinski definition) is 26. The van der Waals surface area contributed by atoms with Gasteiger partial charge in [-0.05, 0) is 249 Å². The fourth-order valence-electron chi connectivity index (χ4n) is 13.8. The standard InChI is InChI=1S/C50H55N5O10.C29H32N2O6.C27H35N3O7.C8H9NO2/c1-50(2,3)65-49(61)55-43(29-34-24-26-41(27-25-34)63-32-35-15-7-5-8-16-35)46(58)53-39-21-13-19-37(30-39)44(56)54-42(45(57)52-40-22-14-20-38(31-40)47(59)62-4)23-11-12-28-51-48(60)64-33-36-17-9-6-10-18-36;1-29(2,3)37-28(34)31-25(26(32)30-23-12-8-11-22(18-23)27(33)35-4)17-20-13-15-24(16-14-20)36-19-21-9-6-5-7-10-21;1-27(2,3)37-26(34)30-22(23(31)29-21-14-10-13-20(17-21)24(32)35-4)15-8-9-16-28-25(33)36-18-19-11-6-5-7-12-19;1-11-8(10)6-3-2-4-7(9)5-6/h5-10,13-22,24-27,30-31,42-43H,11-12,23,28-29,32-33H2,1-4H3,(H,51,60)(H,52,57)(H,53,58)(H,54,56)(H,55,61);5-16,18,25H,17,19H2,1-4H3,(H,30,32)(H,31,34);5-7,10-14,17,22H,8-9,15-16,18H2,1-4H3,(H,28,33)(H,29,31)(H,30,34);2-5H,9H2,1H3/t42-,43-;25-;22-;/m000./s1. The second kappa shape index (κ2) is 61.0. The number of amides is 10. The van der Waals surface area contributed by atoms with Gasteiger partial charge in [0, 0.05) is 59.9 Å². The maximum atomic E-state index is 13.8. The lowest BCUT2D eigenvalue weighted by molar-refractivity contribution is -0.119. The van der Waals surface area contributed by atoms with Crippen molar-refractivity contribution >= 4 is 112 Å². The molecule has 11 aromatic carbocycles. The highest BCUT2D eigenvalue weighted by molar-refractivity contribution is 6.04. The summed E-state index contributed by atoms with van der Waals surface area (Å²) in [6.07, 6.45) is -0.579. The molecular formula is C114H131N11O25. The predicted octanol–water partition coefficient (Wildman–Crippen LogP) is 18.5. The van der Waals surface area contributed by atoms with E-state index >= 15 is 0 Å². The van der Waals surface area contributed by atoms with Gasteiger partial charge in [-0.3, -0.25) is 24.0 Å². The van der Waals surface area contributed by atoms with Gasteiger partial charge in [-0.15, -0.1) is 0 Å². The summed E-state index contributed by atoms with van der Waals surface area (Å²) >= 11 is 0. The number of nitrogen functional groups attached to an aromatic ring is 1. The van der Waals surface area contributed by atoms with E-state index in [1.165, 1.54) is 58.8 Å².